The number of halogens is 2. The summed E-state index contributed by atoms with van der Waals surface area (Å²) >= 11 is 7.41. The predicted molar refractivity (Wildman–Crippen MR) is 120 cm³/mol. The van der Waals surface area contributed by atoms with Crippen molar-refractivity contribution in [2.75, 3.05) is 12.4 Å². The van der Waals surface area contributed by atoms with Gasteiger partial charge in [-0.2, -0.15) is 0 Å². The minimum Gasteiger partial charge on any atom is -0.465 e. The van der Waals surface area contributed by atoms with Crippen LogP contribution >= 0.6 is 22.9 Å². The number of hydrogen-bond acceptors (Lipinski definition) is 4. The molecule has 1 heterocycles. The second-order valence-corrected chi connectivity index (χ2v) is 9.98. The molecule has 4 nitrogen and oxygen atoms in total. The molecule has 0 fully saturated rings. The maximum absolute atomic E-state index is 13.9. The zero-order valence-electron chi connectivity index (χ0n) is 17.5. The van der Waals surface area contributed by atoms with Crippen LogP contribution in [-0.4, -0.2) is 19.0 Å². The van der Waals surface area contributed by atoms with Crippen LogP contribution in [0.25, 0.3) is 6.08 Å². The van der Waals surface area contributed by atoms with E-state index >= 15 is 0 Å². The summed E-state index contributed by atoms with van der Waals surface area (Å²) in [5.74, 6) is -0.939. The minimum absolute atomic E-state index is 0.140. The Morgan fingerprint density at radius 1 is 1.33 bits per heavy atom. The molecule has 1 aromatic heterocycles. The number of ether oxygens (including phenoxy) is 1. The molecule has 1 N–H and O–H groups in total. The molecule has 1 aromatic carbocycles. The normalized spacial score (nSPS) is 16.4. The lowest BCUT2D eigenvalue weighted by atomic mass is 9.72. The van der Waals surface area contributed by atoms with Crippen LogP contribution in [0, 0.1) is 17.2 Å². The van der Waals surface area contributed by atoms with E-state index in [9.17, 15) is 14.0 Å². The average molecular weight is 450 g/mol. The third-order valence-electron chi connectivity index (χ3n) is 5.52. The zero-order valence-corrected chi connectivity index (χ0v) is 19.0. The molecule has 7 heteroatoms. The lowest BCUT2D eigenvalue weighted by Crippen LogP contribution is -2.26. The summed E-state index contributed by atoms with van der Waals surface area (Å²) in [5, 5.41) is 3.46. The van der Waals surface area contributed by atoms with Crippen LogP contribution < -0.4 is 5.32 Å². The van der Waals surface area contributed by atoms with Crippen molar-refractivity contribution in [3.63, 3.8) is 0 Å². The highest BCUT2D eigenvalue weighted by Gasteiger charge is 2.34. The number of carbonyl (C=O) groups excluding carboxylic acids is 2. The number of nitrogens with one attached hydrogen (secondary N) is 1. The molecule has 30 heavy (non-hydrogen) atoms. The summed E-state index contributed by atoms with van der Waals surface area (Å²) in [7, 11) is 1.33. The average Bonchev–Trinajstić information content (AvgIpc) is 3.03. The lowest BCUT2D eigenvalue weighted by molar-refractivity contribution is -0.111. The van der Waals surface area contributed by atoms with Gasteiger partial charge in [0.25, 0.3) is 0 Å². The molecule has 3 rings (SSSR count). The van der Waals surface area contributed by atoms with Gasteiger partial charge in [0, 0.05) is 16.5 Å². The molecule has 0 spiro atoms. The van der Waals surface area contributed by atoms with E-state index < -0.39 is 17.7 Å². The van der Waals surface area contributed by atoms with E-state index in [4.69, 9.17) is 16.3 Å². The van der Waals surface area contributed by atoms with Gasteiger partial charge in [0.05, 0.1) is 17.7 Å². The first-order valence-corrected chi connectivity index (χ1v) is 11.0. The van der Waals surface area contributed by atoms with Gasteiger partial charge in [0.1, 0.15) is 10.8 Å². The summed E-state index contributed by atoms with van der Waals surface area (Å²) in [6.07, 6.45) is 5.16. The van der Waals surface area contributed by atoms with Crippen LogP contribution in [0.1, 0.15) is 53.6 Å². The molecular formula is C23H25ClFNO3S. The van der Waals surface area contributed by atoms with Gasteiger partial charge < -0.3 is 10.1 Å². The third kappa shape index (κ3) is 4.76. The van der Waals surface area contributed by atoms with Crippen molar-refractivity contribution in [1.29, 1.82) is 0 Å². The Kier molecular flexibility index (Phi) is 6.68. The van der Waals surface area contributed by atoms with Crippen molar-refractivity contribution >= 4 is 45.9 Å². The van der Waals surface area contributed by atoms with Gasteiger partial charge in [-0.05, 0) is 54.4 Å². The van der Waals surface area contributed by atoms with Crippen molar-refractivity contribution in [2.45, 2.75) is 40.0 Å². The molecule has 1 unspecified atom stereocenters. The first kappa shape index (κ1) is 22.5. The van der Waals surface area contributed by atoms with Crippen LogP contribution in [0.3, 0.4) is 0 Å². The summed E-state index contributed by atoms with van der Waals surface area (Å²) in [5.41, 5.74) is 1.69. The van der Waals surface area contributed by atoms with Crippen molar-refractivity contribution in [3.8, 4) is 0 Å². The van der Waals surface area contributed by atoms with E-state index in [0.29, 0.717) is 16.5 Å². The fourth-order valence-corrected chi connectivity index (χ4v) is 5.26. The number of carbonyl (C=O) groups is 2. The summed E-state index contributed by atoms with van der Waals surface area (Å²) in [6.45, 7) is 6.66. The molecule has 1 atom stereocenters. The lowest BCUT2D eigenvalue weighted by Gasteiger charge is -2.33. The second kappa shape index (κ2) is 8.90. The van der Waals surface area contributed by atoms with Crippen LogP contribution in [0.15, 0.2) is 24.3 Å². The maximum atomic E-state index is 13.9. The van der Waals surface area contributed by atoms with Crippen molar-refractivity contribution < 1.29 is 18.7 Å². The minimum atomic E-state index is -0.512. The zero-order chi connectivity index (χ0) is 22.1. The van der Waals surface area contributed by atoms with Crippen LogP contribution in [0.5, 0.6) is 0 Å². The Hall–Kier alpha value is -2.18. The van der Waals surface area contributed by atoms with Gasteiger partial charge in [0.2, 0.25) is 5.91 Å². The Labute approximate surface area is 185 Å². The number of thiophene rings is 1. The van der Waals surface area contributed by atoms with Crippen LogP contribution in [-0.2, 0) is 22.4 Å². The van der Waals surface area contributed by atoms with E-state index in [1.807, 2.05) is 0 Å². The van der Waals surface area contributed by atoms with Crippen LogP contribution in [0.2, 0.25) is 5.02 Å². The van der Waals surface area contributed by atoms with E-state index in [1.165, 1.54) is 42.7 Å². The number of esters is 1. The Bertz CT molecular complexity index is 986. The first-order valence-electron chi connectivity index (χ1n) is 9.77. The second-order valence-electron chi connectivity index (χ2n) is 8.46. The summed E-state index contributed by atoms with van der Waals surface area (Å²) in [6, 6.07) is 4.33. The number of hydrogen-bond donors (Lipinski definition) is 1. The van der Waals surface area contributed by atoms with Crippen molar-refractivity contribution in [1.82, 2.24) is 0 Å². The topological polar surface area (TPSA) is 55.4 Å². The fourth-order valence-electron chi connectivity index (χ4n) is 3.71. The molecule has 0 aliphatic heterocycles. The van der Waals surface area contributed by atoms with Gasteiger partial charge >= 0.3 is 5.97 Å². The van der Waals surface area contributed by atoms with E-state index in [-0.39, 0.29) is 16.0 Å². The molecule has 1 aliphatic rings. The fraction of sp³-hybridized carbons (Fsp3) is 0.391. The standard InChI is InChI=1S/C23H25ClFNO3S/c1-23(2,3)13-8-9-15-18(12-13)30-21(20(15)22(28)29-4)26-19(27)11-10-14-16(24)6-5-7-17(14)25/h5-7,10-11,13H,8-9,12H2,1-4H3,(H,26,27). The molecule has 0 saturated heterocycles. The Balaban J connectivity index is 1.87. The van der Waals surface area contributed by atoms with E-state index in [2.05, 4.69) is 26.1 Å². The van der Waals surface area contributed by atoms with Gasteiger partial charge in [-0.15, -0.1) is 11.3 Å². The first-order chi connectivity index (χ1) is 14.1. The van der Waals surface area contributed by atoms with Gasteiger partial charge in [-0.3, -0.25) is 4.79 Å². The van der Waals surface area contributed by atoms with Crippen molar-refractivity contribution in [3.05, 3.63) is 56.7 Å². The summed E-state index contributed by atoms with van der Waals surface area (Å²) < 4.78 is 18.9. The van der Waals surface area contributed by atoms with Gasteiger partial charge in [-0.25, -0.2) is 9.18 Å². The highest BCUT2D eigenvalue weighted by Crippen LogP contribution is 2.44. The SMILES string of the molecule is COC(=O)c1c(NC(=O)C=Cc2c(F)cccc2Cl)sc2c1CCC(C(C)(C)C)C2. The molecule has 0 radical (unpaired) electrons. The summed E-state index contributed by atoms with van der Waals surface area (Å²) in [4.78, 5) is 26.1. The number of anilines is 1. The predicted octanol–water partition coefficient (Wildman–Crippen LogP) is 6.13. The molecule has 1 aliphatic carbocycles. The quantitative estimate of drug-likeness (QED) is 0.451. The Morgan fingerprint density at radius 2 is 2.07 bits per heavy atom. The van der Waals surface area contributed by atoms with E-state index in [0.717, 1.165) is 29.7 Å². The van der Waals surface area contributed by atoms with E-state index in [1.54, 1.807) is 6.07 Å². The highest BCUT2D eigenvalue weighted by molar-refractivity contribution is 7.17. The highest BCUT2D eigenvalue weighted by atomic mass is 35.5. The number of benzene rings is 1. The Morgan fingerprint density at radius 3 is 2.70 bits per heavy atom. The smallest absolute Gasteiger partial charge is 0.341 e. The maximum Gasteiger partial charge on any atom is 0.341 e. The largest absolute Gasteiger partial charge is 0.465 e. The van der Waals surface area contributed by atoms with Gasteiger partial charge in [-0.1, -0.05) is 38.4 Å². The molecule has 2 aromatic rings. The molecular weight excluding hydrogens is 425 g/mol. The molecule has 1 amide bonds. The number of rotatable bonds is 4. The van der Waals surface area contributed by atoms with Crippen LogP contribution in [0.4, 0.5) is 9.39 Å². The molecule has 0 bridgehead atoms. The number of amides is 1. The molecule has 160 valence electrons. The number of fused-ring (bicyclic) bond motifs is 1. The van der Waals surface area contributed by atoms with Crippen molar-refractivity contribution in [2.24, 2.45) is 11.3 Å². The monoisotopic (exact) mass is 449 g/mol. The van der Waals surface area contributed by atoms with Gasteiger partial charge in [0.15, 0.2) is 0 Å². The number of methoxy groups -OCH3 is 1. The molecule has 0 saturated carbocycles. The third-order valence-corrected chi connectivity index (χ3v) is 7.02.